The average Bonchev–Trinajstić information content (AvgIpc) is 3.40. The van der Waals surface area contributed by atoms with Gasteiger partial charge < -0.3 is 20.4 Å². The molecule has 1 heterocycles. The molecule has 1 fully saturated rings. The molecule has 1 amide bonds. The van der Waals surface area contributed by atoms with E-state index in [4.69, 9.17) is 4.42 Å². The van der Waals surface area contributed by atoms with E-state index in [9.17, 15) is 4.79 Å². The Morgan fingerprint density at radius 3 is 2.52 bits per heavy atom. The van der Waals surface area contributed by atoms with Crippen LogP contribution in [0, 0.1) is 0 Å². The Hall–Kier alpha value is -2.76. The smallest absolute Gasteiger partial charge is 0.239 e. The maximum absolute atomic E-state index is 12.0. The maximum atomic E-state index is 12.0. The summed E-state index contributed by atoms with van der Waals surface area (Å²) in [5, 5.41) is 9.32. The number of benzene rings is 1. The van der Waals surface area contributed by atoms with E-state index in [0.717, 1.165) is 12.3 Å². The molecule has 0 unspecified atom stereocenters. The zero-order valence-electron chi connectivity index (χ0n) is 15.8. The van der Waals surface area contributed by atoms with Gasteiger partial charge in [-0.3, -0.25) is 9.79 Å². The molecule has 0 atom stereocenters. The quantitative estimate of drug-likeness (QED) is 0.518. The highest BCUT2D eigenvalue weighted by molar-refractivity contribution is 5.86. The van der Waals surface area contributed by atoms with Crippen LogP contribution in [-0.2, 0) is 16.8 Å². The van der Waals surface area contributed by atoms with Gasteiger partial charge in [-0.15, -0.1) is 0 Å². The molecule has 144 valence electrons. The summed E-state index contributed by atoms with van der Waals surface area (Å²) in [4.78, 5) is 16.3. The Labute approximate surface area is 160 Å². The molecule has 0 spiro atoms. The highest BCUT2D eigenvalue weighted by Crippen LogP contribution is 2.40. The fourth-order valence-corrected chi connectivity index (χ4v) is 3.71. The van der Waals surface area contributed by atoms with Gasteiger partial charge in [0.05, 0.1) is 19.4 Å². The molecule has 6 heteroatoms. The normalized spacial score (nSPS) is 16.1. The van der Waals surface area contributed by atoms with E-state index >= 15 is 0 Å². The van der Waals surface area contributed by atoms with Crippen LogP contribution in [0.25, 0.3) is 0 Å². The molecular formula is C21H28N4O2. The van der Waals surface area contributed by atoms with Crippen LogP contribution in [0.2, 0.25) is 0 Å². The van der Waals surface area contributed by atoms with Crippen molar-refractivity contribution in [3.63, 3.8) is 0 Å². The van der Waals surface area contributed by atoms with Gasteiger partial charge in [-0.2, -0.15) is 0 Å². The highest BCUT2D eigenvalue weighted by Gasteiger charge is 2.35. The highest BCUT2D eigenvalue weighted by atomic mass is 16.3. The number of carbonyl (C=O) groups is 1. The number of guanidine groups is 1. The number of aliphatic imine (C=N–C) groups is 1. The molecule has 0 saturated heterocycles. The third-order valence-electron chi connectivity index (χ3n) is 5.22. The van der Waals surface area contributed by atoms with Crippen molar-refractivity contribution in [1.29, 1.82) is 0 Å². The van der Waals surface area contributed by atoms with Crippen LogP contribution in [-0.4, -0.2) is 32.0 Å². The number of nitrogens with zero attached hydrogens (tertiary/aromatic N) is 1. The van der Waals surface area contributed by atoms with Crippen molar-refractivity contribution in [2.45, 2.75) is 37.6 Å². The van der Waals surface area contributed by atoms with Crippen molar-refractivity contribution in [3.05, 3.63) is 60.1 Å². The number of nitrogens with one attached hydrogen (secondary N) is 3. The zero-order chi connectivity index (χ0) is 19.0. The Morgan fingerprint density at radius 2 is 1.85 bits per heavy atom. The van der Waals surface area contributed by atoms with Gasteiger partial charge in [0.15, 0.2) is 5.96 Å². The molecule has 2 aromatic rings. The Morgan fingerprint density at radius 1 is 1.07 bits per heavy atom. The molecule has 1 aromatic carbocycles. The molecule has 1 aromatic heterocycles. The van der Waals surface area contributed by atoms with Crippen LogP contribution < -0.4 is 16.0 Å². The molecule has 1 aliphatic carbocycles. The van der Waals surface area contributed by atoms with Gasteiger partial charge in [-0.05, 0) is 30.5 Å². The largest absolute Gasteiger partial charge is 0.467 e. The van der Waals surface area contributed by atoms with E-state index in [-0.39, 0.29) is 17.9 Å². The summed E-state index contributed by atoms with van der Waals surface area (Å²) in [5.41, 5.74) is 1.52. The Kier molecular flexibility index (Phi) is 6.52. The van der Waals surface area contributed by atoms with Gasteiger partial charge in [0.1, 0.15) is 5.76 Å². The fraction of sp³-hybridized carbons (Fsp3) is 0.429. The minimum absolute atomic E-state index is 0.104. The number of hydrogen-bond acceptors (Lipinski definition) is 3. The van der Waals surface area contributed by atoms with Gasteiger partial charge in [0, 0.05) is 19.0 Å². The van der Waals surface area contributed by atoms with Gasteiger partial charge in [0.2, 0.25) is 5.91 Å². The molecule has 0 radical (unpaired) electrons. The van der Waals surface area contributed by atoms with Crippen LogP contribution in [0.1, 0.15) is 37.0 Å². The summed E-state index contributed by atoms with van der Waals surface area (Å²) in [6.07, 6.45) is 6.43. The van der Waals surface area contributed by atoms with Crippen LogP contribution >= 0.6 is 0 Å². The van der Waals surface area contributed by atoms with Crippen molar-refractivity contribution < 1.29 is 9.21 Å². The summed E-state index contributed by atoms with van der Waals surface area (Å²) in [7, 11) is 1.72. The van der Waals surface area contributed by atoms with Gasteiger partial charge in [-0.1, -0.05) is 43.2 Å². The molecule has 0 aliphatic heterocycles. The number of furan rings is 1. The van der Waals surface area contributed by atoms with Crippen LogP contribution in [0.5, 0.6) is 0 Å². The summed E-state index contributed by atoms with van der Waals surface area (Å²) in [6.45, 7) is 1.36. The first kappa shape index (κ1) is 19.0. The predicted molar refractivity (Wildman–Crippen MR) is 107 cm³/mol. The van der Waals surface area contributed by atoms with E-state index in [2.05, 4.69) is 51.3 Å². The molecule has 6 nitrogen and oxygen atoms in total. The summed E-state index contributed by atoms with van der Waals surface area (Å²) < 4.78 is 5.21. The number of hydrogen-bond donors (Lipinski definition) is 3. The van der Waals surface area contributed by atoms with E-state index in [0.29, 0.717) is 12.5 Å². The molecule has 3 N–H and O–H groups in total. The van der Waals surface area contributed by atoms with Crippen molar-refractivity contribution in [2.75, 3.05) is 20.1 Å². The van der Waals surface area contributed by atoms with Crippen molar-refractivity contribution in [3.8, 4) is 0 Å². The van der Waals surface area contributed by atoms with Crippen molar-refractivity contribution in [2.24, 2.45) is 4.99 Å². The molecule has 1 saturated carbocycles. The second-order valence-electron chi connectivity index (χ2n) is 6.99. The third kappa shape index (κ3) is 5.12. The molecule has 3 rings (SSSR count). The molecule has 27 heavy (non-hydrogen) atoms. The lowest BCUT2D eigenvalue weighted by molar-refractivity contribution is -0.120. The first-order valence-corrected chi connectivity index (χ1v) is 9.51. The predicted octanol–water partition coefficient (Wildman–Crippen LogP) is 2.57. The summed E-state index contributed by atoms with van der Waals surface area (Å²) >= 11 is 0. The van der Waals surface area contributed by atoms with Crippen LogP contribution in [0.3, 0.4) is 0 Å². The summed E-state index contributed by atoms with van der Waals surface area (Å²) in [6, 6.07) is 14.3. The average molecular weight is 368 g/mol. The maximum Gasteiger partial charge on any atom is 0.239 e. The molecule has 1 aliphatic rings. The SMILES string of the molecule is CN=C(NCC(=O)NCc1ccco1)NCC1(c2ccccc2)CCCC1. The number of amides is 1. The second-order valence-corrected chi connectivity index (χ2v) is 6.99. The molecule has 0 bridgehead atoms. The van der Waals surface area contributed by atoms with Gasteiger partial charge >= 0.3 is 0 Å². The number of carbonyl (C=O) groups excluding carboxylic acids is 1. The van der Waals surface area contributed by atoms with Gasteiger partial charge in [0.25, 0.3) is 0 Å². The minimum Gasteiger partial charge on any atom is -0.467 e. The Balaban J connectivity index is 1.49. The van der Waals surface area contributed by atoms with Crippen molar-refractivity contribution >= 4 is 11.9 Å². The lowest BCUT2D eigenvalue weighted by atomic mass is 9.79. The Bertz CT molecular complexity index is 735. The first-order valence-electron chi connectivity index (χ1n) is 9.51. The van der Waals surface area contributed by atoms with Crippen molar-refractivity contribution in [1.82, 2.24) is 16.0 Å². The van der Waals surface area contributed by atoms with E-state index in [1.54, 1.807) is 19.4 Å². The molecular weight excluding hydrogens is 340 g/mol. The minimum atomic E-state index is -0.104. The first-order chi connectivity index (χ1) is 13.2. The standard InChI is InChI=1S/C21H28N4O2/c1-22-20(24-15-19(26)23-14-18-10-7-13-27-18)25-16-21(11-5-6-12-21)17-8-3-2-4-9-17/h2-4,7-10,13H,5-6,11-12,14-16H2,1H3,(H,23,26)(H2,22,24,25). The van der Waals surface area contributed by atoms with E-state index in [1.165, 1.54) is 31.2 Å². The lowest BCUT2D eigenvalue weighted by Gasteiger charge is -2.30. The third-order valence-corrected chi connectivity index (χ3v) is 5.22. The zero-order valence-corrected chi connectivity index (χ0v) is 15.8. The van der Waals surface area contributed by atoms with E-state index < -0.39 is 0 Å². The van der Waals surface area contributed by atoms with Gasteiger partial charge in [-0.25, -0.2) is 0 Å². The van der Waals surface area contributed by atoms with Crippen LogP contribution in [0.15, 0.2) is 58.1 Å². The number of rotatable bonds is 7. The van der Waals surface area contributed by atoms with Crippen LogP contribution in [0.4, 0.5) is 0 Å². The topological polar surface area (TPSA) is 78.7 Å². The second kappa shape index (κ2) is 9.26. The summed E-state index contributed by atoms with van der Waals surface area (Å²) in [5.74, 6) is 1.27. The monoisotopic (exact) mass is 368 g/mol. The lowest BCUT2D eigenvalue weighted by Crippen LogP contribution is -2.47. The fourth-order valence-electron chi connectivity index (χ4n) is 3.71. The van der Waals surface area contributed by atoms with E-state index in [1.807, 2.05) is 6.07 Å².